The van der Waals surface area contributed by atoms with E-state index in [9.17, 15) is 0 Å². The molecule has 2 rings (SSSR count). The van der Waals surface area contributed by atoms with Gasteiger partial charge in [0.25, 0.3) is 0 Å². The van der Waals surface area contributed by atoms with Gasteiger partial charge < -0.3 is 37.2 Å². The summed E-state index contributed by atoms with van der Waals surface area (Å²) in [6, 6.07) is 4.74. The van der Waals surface area contributed by atoms with Crippen LogP contribution in [0.5, 0.6) is 0 Å². The Morgan fingerprint density at radius 3 is 2.07 bits per heavy atom. The quantitative estimate of drug-likeness (QED) is 0.200. The Hall–Kier alpha value is 0.501. The summed E-state index contributed by atoms with van der Waals surface area (Å²) in [6.07, 6.45) is 11.6. The molecule has 0 heterocycles. The van der Waals surface area contributed by atoms with E-state index < -0.39 is 0 Å². The van der Waals surface area contributed by atoms with Gasteiger partial charge in [0.15, 0.2) is 0 Å². The average molecular weight is 494 g/mol. The third-order valence-corrected chi connectivity index (χ3v) is 8.06. The Morgan fingerprint density at radius 2 is 1.57 bits per heavy atom. The first-order valence-corrected chi connectivity index (χ1v) is 11.3. The van der Waals surface area contributed by atoms with Crippen LogP contribution in [-0.4, -0.2) is 9.52 Å². The van der Waals surface area contributed by atoms with Crippen molar-refractivity contribution in [2.45, 2.75) is 80.1 Å². The van der Waals surface area contributed by atoms with Gasteiger partial charge in [0, 0.05) is 0 Å². The molecule has 1 aliphatic carbocycles. The van der Waals surface area contributed by atoms with Crippen molar-refractivity contribution in [3.8, 4) is 0 Å². The van der Waals surface area contributed by atoms with E-state index in [2.05, 4.69) is 59.8 Å². The number of rotatable bonds is 8. The number of benzene rings is 1. The Labute approximate surface area is 209 Å². The third kappa shape index (κ3) is 9.11. The van der Waals surface area contributed by atoms with Crippen molar-refractivity contribution in [1.82, 2.24) is 0 Å². The maximum Gasteiger partial charge on any atom is 4.00 e. The van der Waals surface area contributed by atoms with E-state index >= 15 is 0 Å². The zero-order valence-corrected chi connectivity index (χ0v) is 23.6. The van der Waals surface area contributed by atoms with Crippen LogP contribution in [0.15, 0.2) is 28.5 Å². The van der Waals surface area contributed by atoms with Crippen LogP contribution in [0.4, 0.5) is 0 Å². The Bertz CT molecular complexity index is 630. The molecule has 0 aliphatic heterocycles. The smallest absolute Gasteiger partial charge is 1.00 e. The molecular formula is C23H35Cl3SiTi. The van der Waals surface area contributed by atoms with Gasteiger partial charge in [-0.25, -0.2) is 16.8 Å². The van der Waals surface area contributed by atoms with Gasteiger partial charge in [0.1, 0.15) is 0 Å². The molecule has 0 aromatic heterocycles. The molecular weight excluding hydrogens is 459 g/mol. The molecule has 0 radical (unpaired) electrons. The fourth-order valence-corrected chi connectivity index (χ4v) is 6.19. The monoisotopic (exact) mass is 492 g/mol. The second-order valence-electron chi connectivity index (χ2n) is 7.74. The molecule has 0 fully saturated rings. The van der Waals surface area contributed by atoms with E-state index in [1.54, 1.807) is 21.5 Å². The van der Waals surface area contributed by atoms with Gasteiger partial charge in [-0.1, -0.05) is 99.2 Å². The predicted molar refractivity (Wildman–Crippen MR) is 111 cm³/mol. The zero-order chi connectivity index (χ0) is 17.7. The van der Waals surface area contributed by atoms with Gasteiger partial charge in [0.2, 0.25) is 0 Å². The summed E-state index contributed by atoms with van der Waals surface area (Å²) in [5.74, 6) is 0.669. The van der Waals surface area contributed by atoms with E-state index in [0.29, 0.717) is 5.92 Å². The summed E-state index contributed by atoms with van der Waals surface area (Å²) in [6.45, 7) is 13.8. The fourth-order valence-electron chi connectivity index (χ4n) is 3.95. The largest absolute Gasteiger partial charge is 4.00 e. The number of aryl methyl sites for hydroxylation is 3. The first kappa shape index (κ1) is 33.1. The first-order chi connectivity index (χ1) is 11.5. The molecule has 0 saturated carbocycles. The predicted octanol–water partition coefficient (Wildman–Crippen LogP) is -3.57. The van der Waals surface area contributed by atoms with Gasteiger partial charge in [-0.05, 0) is 30.3 Å². The first-order valence-electron chi connectivity index (χ1n) is 9.86. The van der Waals surface area contributed by atoms with Gasteiger partial charge in [-0.15, -0.1) is 0 Å². The van der Waals surface area contributed by atoms with Gasteiger partial charge in [-0.2, -0.15) is 5.57 Å². The number of unbranched alkanes of at least 4 members (excludes halogenated alkanes) is 2. The summed E-state index contributed by atoms with van der Waals surface area (Å²) < 4.78 is 0. The van der Waals surface area contributed by atoms with Crippen molar-refractivity contribution in [1.29, 1.82) is 0 Å². The van der Waals surface area contributed by atoms with Crippen LogP contribution >= 0.6 is 0 Å². The summed E-state index contributed by atoms with van der Waals surface area (Å²) in [5, 5.41) is 3.44. The van der Waals surface area contributed by atoms with Gasteiger partial charge in [-0.3, -0.25) is 0 Å². The van der Waals surface area contributed by atoms with Crippen molar-refractivity contribution >= 4 is 14.7 Å². The minimum absolute atomic E-state index is 0. The second kappa shape index (κ2) is 16.2. The Kier molecular flexibility index (Phi) is 19.2. The minimum Gasteiger partial charge on any atom is -1.00 e. The number of hydrogen-bond donors (Lipinski definition) is 0. The molecule has 0 bridgehead atoms. The molecule has 28 heavy (non-hydrogen) atoms. The molecule has 0 amide bonds. The van der Waals surface area contributed by atoms with E-state index in [4.69, 9.17) is 0 Å². The second-order valence-corrected chi connectivity index (χ2v) is 9.66. The third-order valence-electron chi connectivity index (χ3n) is 5.54. The molecule has 1 aromatic carbocycles. The number of allylic oxidation sites excluding steroid dienone is 4. The molecule has 1 atom stereocenters. The number of hydrogen-bond acceptors (Lipinski definition) is 0. The summed E-state index contributed by atoms with van der Waals surface area (Å²) in [7, 11) is -0.372. The molecule has 0 N–H and O–H groups in total. The molecule has 0 saturated heterocycles. The number of halogens is 3. The maximum atomic E-state index is 3.85. The summed E-state index contributed by atoms with van der Waals surface area (Å²) in [5.41, 5.74) is 7.58. The van der Waals surface area contributed by atoms with Gasteiger partial charge in [0.05, 0.1) is 0 Å². The van der Waals surface area contributed by atoms with Crippen LogP contribution in [0, 0.1) is 32.8 Å². The topological polar surface area (TPSA) is 0 Å². The van der Waals surface area contributed by atoms with Crippen molar-refractivity contribution in [3.05, 3.63) is 51.2 Å². The zero-order valence-electron chi connectivity index (χ0n) is 18.3. The van der Waals surface area contributed by atoms with Crippen molar-refractivity contribution in [2.24, 2.45) is 5.92 Å². The fraction of sp³-hybridized carbons (Fsp3) is 0.565. The summed E-state index contributed by atoms with van der Waals surface area (Å²) in [4.78, 5) is 0. The van der Waals surface area contributed by atoms with E-state index in [-0.39, 0.29) is 68.5 Å². The molecule has 0 spiro atoms. The van der Waals surface area contributed by atoms with E-state index in [1.807, 2.05) is 0 Å². The van der Waals surface area contributed by atoms with Crippen molar-refractivity contribution in [2.75, 3.05) is 0 Å². The Morgan fingerprint density at radius 1 is 1.00 bits per heavy atom. The van der Waals surface area contributed by atoms with Crippen LogP contribution in [0.1, 0.15) is 76.0 Å². The molecule has 1 unspecified atom stereocenters. The Balaban J connectivity index is -0.00000156. The van der Waals surface area contributed by atoms with Crippen molar-refractivity contribution in [3.63, 3.8) is 0 Å². The van der Waals surface area contributed by atoms with Crippen LogP contribution in [0.2, 0.25) is 0 Å². The van der Waals surface area contributed by atoms with Crippen LogP contribution in [0.25, 0.3) is 0 Å². The van der Waals surface area contributed by atoms with Gasteiger partial charge >= 0.3 is 21.7 Å². The average Bonchev–Trinajstić information content (AvgIpc) is 2.93. The van der Waals surface area contributed by atoms with Crippen LogP contribution < -0.4 is 42.4 Å². The molecule has 5 heteroatoms. The molecule has 1 aliphatic rings. The molecule has 1 aromatic rings. The normalized spacial score (nSPS) is 14.0. The molecule has 0 nitrogen and oxygen atoms in total. The SMILES string of the molecule is CCCCCC1=[C-]C(C(C)CC)=C([SiH2]c2c(C)cc(C)cc2C)C1.[Cl-].[Cl-].[Cl-].[Ti+4]. The van der Waals surface area contributed by atoms with Crippen LogP contribution in [-0.2, 0) is 21.7 Å². The minimum atomic E-state index is -0.372. The summed E-state index contributed by atoms with van der Waals surface area (Å²) >= 11 is 0. The van der Waals surface area contributed by atoms with E-state index in [1.165, 1.54) is 55.2 Å². The van der Waals surface area contributed by atoms with Crippen molar-refractivity contribution < 1.29 is 58.9 Å². The standard InChI is InChI=1S/C23H35Si.3ClH.Ti/c1-7-9-10-11-20-14-21(17(4)8-2)22(15-20)24-23-18(5)12-16(3)13-19(23)6;;;;/h12-13,17H,7-11,15,24H2,1-6H3;3*1H;/q-1;;;;+4/p-3. The van der Waals surface area contributed by atoms with E-state index in [0.717, 1.165) is 0 Å². The van der Waals surface area contributed by atoms with Crippen LogP contribution in [0.3, 0.4) is 0 Å². The molecule has 156 valence electrons. The maximum absolute atomic E-state index is 3.85.